The van der Waals surface area contributed by atoms with Gasteiger partial charge in [0.1, 0.15) is 17.3 Å². The van der Waals surface area contributed by atoms with Gasteiger partial charge in [0, 0.05) is 35.2 Å². The van der Waals surface area contributed by atoms with E-state index < -0.39 is 35.2 Å². The average Bonchev–Trinajstić information content (AvgIpc) is 3.42. The fraction of sp³-hybridized carbons (Fsp3) is 0.400. The third-order valence-electron chi connectivity index (χ3n) is 6.62. The fourth-order valence-corrected chi connectivity index (χ4v) is 5.19. The number of H-pyrrole nitrogens is 1. The van der Waals surface area contributed by atoms with Crippen molar-refractivity contribution in [3.8, 4) is 0 Å². The molecule has 168 valence electrons. The van der Waals surface area contributed by atoms with Crippen LogP contribution in [-0.4, -0.2) is 39.7 Å². The van der Waals surface area contributed by atoms with E-state index in [-0.39, 0.29) is 18.0 Å². The summed E-state index contributed by atoms with van der Waals surface area (Å²) in [6, 6.07) is 9.42. The number of hydrogen-bond acceptors (Lipinski definition) is 2. The van der Waals surface area contributed by atoms with E-state index in [4.69, 9.17) is 5.11 Å². The van der Waals surface area contributed by atoms with Gasteiger partial charge in [0.15, 0.2) is 0 Å². The second-order valence-electron chi connectivity index (χ2n) is 9.59. The molecule has 1 aliphatic heterocycles. The minimum Gasteiger partial charge on any atom is -0.481 e. The summed E-state index contributed by atoms with van der Waals surface area (Å²) in [4.78, 5) is 16.3. The van der Waals surface area contributed by atoms with Gasteiger partial charge >= 0.3 is 5.97 Å². The second-order valence-corrected chi connectivity index (χ2v) is 9.59. The number of aromatic amines is 1. The van der Waals surface area contributed by atoms with Gasteiger partial charge in [-0.15, -0.1) is 0 Å². The molecular weight excluding hydrogens is 417 g/mol. The number of alkyl halides is 1. The van der Waals surface area contributed by atoms with Crippen LogP contribution in [-0.2, 0) is 11.2 Å². The topological polar surface area (TPSA) is 56.3 Å². The van der Waals surface area contributed by atoms with Gasteiger partial charge in [0.25, 0.3) is 0 Å². The number of carboxylic acids is 1. The Hall–Kier alpha value is -2.80. The van der Waals surface area contributed by atoms with E-state index in [0.717, 1.165) is 16.5 Å². The van der Waals surface area contributed by atoms with E-state index >= 15 is 8.78 Å². The van der Waals surface area contributed by atoms with Crippen molar-refractivity contribution < 1.29 is 23.1 Å². The minimum absolute atomic E-state index is 0.0246. The fourth-order valence-electron chi connectivity index (χ4n) is 5.19. The van der Waals surface area contributed by atoms with Crippen LogP contribution in [0.25, 0.3) is 10.9 Å². The van der Waals surface area contributed by atoms with Crippen LogP contribution < -0.4 is 0 Å². The highest BCUT2D eigenvalue weighted by molar-refractivity contribution is 5.85. The van der Waals surface area contributed by atoms with E-state index in [2.05, 4.69) is 4.98 Å². The maximum Gasteiger partial charge on any atom is 0.307 e. The van der Waals surface area contributed by atoms with Crippen LogP contribution in [0.2, 0.25) is 0 Å². The molecule has 1 fully saturated rings. The van der Waals surface area contributed by atoms with E-state index in [1.807, 2.05) is 24.3 Å². The van der Waals surface area contributed by atoms with Gasteiger partial charge < -0.3 is 10.1 Å². The van der Waals surface area contributed by atoms with Crippen LogP contribution in [0.1, 0.15) is 54.6 Å². The molecule has 5 rings (SSSR count). The first-order valence-corrected chi connectivity index (χ1v) is 10.9. The van der Waals surface area contributed by atoms with Gasteiger partial charge in [-0.3, -0.25) is 9.69 Å². The molecular formula is C25H25F3N2O2. The molecule has 3 unspecified atom stereocenters. The molecule has 0 radical (unpaired) electrons. The first kappa shape index (κ1) is 21.1. The zero-order valence-corrected chi connectivity index (χ0v) is 18.0. The molecule has 7 heteroatoms. The Morgan fingerprint density at radius 2 is 1.91 bits per heavy atom. The SMILES string of the molecule is CC(C)(F)CN1CCc2c([nH]c3ccccc23)C1c1c(F)cc(C2CC2C(=O)O)cc1F. The summed E-state index contributed by atoms with van der Waals surface area (Å²) in [6.45, 7) is 3.41. The Kier molecular flexibility index (Phi) is 4.85. The zero-order chi connectivity index (χ0) is 22.8. The third-order valence-corrected chi connectivity index (χ3v) is 6.62. The Balaban J connectivity index is 1.63. The van der Waals surface area contributed by atoms with E-state index in [1.165, 1.54) is 26.0 Å². The molecule has 0 spiro atoms. The molecule has 32 heavy (non-hydrogen) atoms. The molecule has 1 aliphatic carbocycles. The van der Waals surface area contributed by atoms with E-state index in [9.17, 15) is 9.18 Å². The standard InChI is InChI=1S/C25H25F3N2O2/c1-25(2,28)12-30-8-7-15-14-5-3-4-6-20(14)29-22(15)23(30)21-18(26)9-13(10-19(21)27)16-11-17(16)24(31)32/h3-6,9-10,16-17,23,29H,7-8,11-12H2,1-2H3,(H,31,32). The predicted molar refractivity (Wildman–Crippen MR) is 115 cm³/mol. The van der Waals surface area contributed by atoms with Crippen molar-refractivity contribution in [2.75, 3.05) is 13.1 Å². The van der Waals surface area contributed by atoms with Crippen molar-refractivity contribution in [2.24, 2.45) is 5.92 Å². The number of para-hydroxylation sites is 1. The lowest BCUT2D eigenvalue weighted by Gasteiger charge is -2.38. The van der Waals surface area contributed by atoms with Gasteiger partial charge in [-0.1, -0.05) is 18.2 Å². The van der Waals surface area contributed by atoms with E-state index in [0.29, 0.717) is 30.6 Å². The number of carbonyl (C=O) groups is 1. The number of fused-ring (bicyclic) bond motifs is 3. The molecule has 4 nitrogen and oxygen atoms in total. The first-order valence-electron chi connectivity index (χ1n) is 10.9. The van der Waals surface area contributed by atoms with Crippen LogP contribution in [0.4, 0.5) is 13.2 Å². The lowest BCUT2D eigenvalue weighted by atomic mass is 9.89. The van der Waals surface area contributed by atoms with Gasteiger partial charge in [-0.25, -0.2) is 13.2 Å². The Morgan fingerprint density at radius 3 is 2.53 bits per heavy atom. The molecule has 0 amide bonds. The van der Waals surface area contributed by atoms with Crippen LogP contribution in [0.3, 0.4) is 0 Å². The molecule has 3 aromatic rings. The molecule has 2 N–H and O–H groups in total. The Labute approximate surface area is 184 Å². The highest BCUT2D eigenvalue weighted by Crippen LogP contribution is 2.49. The maximum absolute atomic E-state index is 15.4. The van der Waals surface area contributed by atoms with Crippen LogP contribution in [0.5, 0.6) is 0 Å². The average molecular weight is 442 g/mol. The van der Waals surface area contributed by atoms with Crippen molar-refractivity contribution in [3.05, 3.63) is 70.4 Å². The smallest absolute Gasteiger partial charge is 0.307 e. The van der Waals surface area contributed by atoms with Crippen LogP contribution in [0, 0.1) is 17.6 Å². The van der Waals surface area contributed by atoms with Crippen molar-refractivity contribution in [3.63, 3.8) is 0 Å². The van der Waals surface area contributed by atoms with Gasteiger partial charge in [0.05, 0.1) is 12.0 Å². The zero-order valence-electron chi connectivity index (χ0n) is 18.0. The Morgan fingerprint density at radius 1 is 1.22 bits per heavy atom. The lowest BCUT2D eigenvalue weighted by Crippen LogP contribution is -2.43. The summed E-state index contributed by atoms with van der Waals surface area (Å²) >= 11 is 0. The Bertz CT molecular complexity index is 1190. The number of aliphatic carboxylic acids is 1. The van der Waals surface area contributed by atoms with Crippen molar-refractivity contribution >= 4 is 16.9 Å². The molecule has 0 saturated heterocycles. The highest BCUT2D eigenvalue weighted by atomic mass is 19.1. The maximum atomic E-state index is 15.4. The third kappa shape index (κ3) is 3.58. The second kappa shape index (κ2) is 7.37. The number of benzene rings is 2. The number of aromatic nitrogens is 1. The van der Waals surface area contributed by atoms with Gasteiger partial charge in [0.2, 0.25) is 0 Å². The summed E-state index contributed by atoms with van der Waals surface area (Å²) < 4.78 is 45.5. The molecule has 3 atom stereocenters. The normalized spacial score (nSPS) is 23.3. The molecule has 2 aliphatic rings. The number of rotatable bonds is 5. The van der Waals surface area contributed by atoms with Crippen molar-refractivity contribution in [2.45, 2.75) is 44.3 Å². The monoisotopic (exact) mass is 442 g/mol. The number of nitrogens with one attached hydrogen (secondary N) is 1. The molecule has 0 bridgehead atoms. The van der Waals surface area contributed by atoms with Crippen molar-refractivity contribution in [1.29, 1.82) is 0 Å². The predicted octanol–water partition coefficient (Wildman–Crippen LogP) is 5.33. The van der Waals surface area contributed by atoms with Crippen LogP contribution in [0.15, 0.2) is 36.4 Å². The van der Waals surface area contributed by atoms with Gasteiger partial charge in [-0.2, -0.15) is 0 Å². The summed E-state index contributed by atoms with van der Waals surface area (Å²) in [6.07, 6.45) is 1.03. The first-order chi connectivity index (χ1) is 15.1. The molecule has 1 aromatic heterocycles. The minimum atomic E-state index is -1.54. The molecule has 1 saturated carbocycles. The number of carboxylic acid groups (broad SMARTS) is 1. The summed E-state index contributed by atoms with van der Waals surface area (Å²) in [5.41, 5.74) is 1.25. The highest BCUT2D eigenvalue weighted by Gasteiger charge is 2.45. The van der Waals surface area contributed by atoms with Crippen LogP contribution >= 0.6 is 0 Å². The largest absolute Gasteiger partial charge is 0.481 e. The number of halogens is 3. The van der Waals surface area contributed by atoms with Gasteiger partial charge in [-0.05, 0) is 61.9 Å². The number of nitrogens with zero attached hydrogens (tertiary/aromatic N) is 1. The van der Waals surface area contributed by atoms with E-state index in [1.54, 1.807) is 4.90 Å². The van der Waals surface area contributed by atoms with Crippen molar-refractivity contribution in [1.82, 2.24) is 9.88 Å². The number of hydrogen-bond donors (Lipinski definition) is 2. The molecule has 2 aromatic carbocycles. The summed E-state index contributed by atoms with van der Waals surface area (Å²) in [5, 5.41) is 10.2. The summed E-state index contributed by atoms with van der Waals surface area (Å²) in [5.74, 6) is -3.38. The lowest BCUT2D eigenvalue weighted by molar-refractivity contribution is -0.138. The molecule has 2 heterocycles. The summed E-state index contributed by atoms with van der Waals surface area (Å²) in [7, 11) is 0. The quantitative estimate of drug-likeness (QED) is 0.562.